The van der Waals surface area contributed by atoms with Gasteiger partial charge < -0.3 is 10.6 Å². The van der Waals surface area contributed by atoms with Crippen LogP contribution in [0.25, 0.3) is 0 Å². The van der Waals surface area contributed by atoms with Gasteiger partial charge in [0.1, 0.15) is 6.07 Å². The minimum absolute atomic E-state index is 0.0533. The lowest BCUT2D eigenvalue weighted by molar-refractivity contribution is -0.128. The molecule has 0 heterocycles. The van der Waals surface area contributed by atoms with E-state index in [4.69, 9.17) is 16.9 Å². The standard InChI is InChI=1S/C13H16ClN3O/c1-13(2,12(18)16-3)8-17-11-5-4-10(14)6-9(11)7-15/h4-6,17H,8H2,1-3H3,(H,16,18). The Morgan fingerprint density at radius 1 is 1.50 bits per heavy atom. The highest BCUT2D eigenvalue weighted by Gasteiger charge is 2.26. The van der Waals surface area contributed by atoms with E-state index in [0.29, 0.717) is 22.8 Å². The van der Waals surface area contributed by atoms with Crippen LogP contribution in [0.1, 0.15) is 19.4 Å². The van der Waals surface area contributed by atoms with Crippen LogP contribution >= 0.6 is 11.6 Å². The fourth-order valence-corrected chi connectivity index (χ4v) is 1.67. The van der Waals surface area contributed by atoms with E-state index in [2.05, 4.69) is 16.7 Å². The van der Waals surface area contributed by atoms with E-state index in [-0.39, 0.29) is 5.91 Å². The van der Waals surface area contributed by atoms with Gasteiger partial charge in [-0.3, -0.25) is 4.79 Å². The first-order chi connectivity index (χ1) is 8.40. The van der Waals surface area contributed by atoms with Gasteiger partial charge in [-0.15, -0.1) is 0 Å². The predicted molar refractivity (Wildman–Crippen MR) is 72.5 cm³/mol. The monoisotopic (exact) mass is 265 g/mol. The van der Waals surface area contributed by atoms with E-state index in [1.54, 1.807) is 25.2 Å². The van der Waals surface area contributed by atoms with Crippen LogP contribution in [-0.2, 0) is 4.79 Å². The molecule has 0 saturated carbocycles. The minimum Gasteiger partial charge on any atom is -0.383 e. The van der Waals surface area contributed by atoms with Gasteiger partial charge in [0.25, 0.3) is 0 Å². The van der Waals surface area contributed by atoms with Gasteiger partial charge in [-0.2, -0.15) is 5.26 Å². The predicted octanol–water partition coefficient (Wildman–Crippen LogP) is 2.40. The lowest BCUT2D eigenvalue weighted by Crippen LogP contribution is -2.39. The van der Waals surface area contributed by atoms with E-state index in [9.17, 15) is 4.79 Å². The summed E-state index contributed by atoms with van der Waals surface area (Å²) in [5.41, 5.74) is 0.593. The van der Waals surface area contributed by atoms with Gasteiger partial charge in [0.15, 0.2) is 0 Å². The van der Waals surface area contributed by atoms with Gasteiger partial charge in [-0.05, 0) is 32.0 Å². The molecule has 18 heavy (non-hydrogen) atoms. The molecule has 1 amide bonds. The molecule has 0 saturated heterocycles. The minimum atomic E-state index is -0.554. The summed E-state index contributed by atoms with van der Waals surface area (Å²) in [7, 11) is 1.60. The first kappa shape index (κ1) is 14.3. The Bertz CT molecular complexity index is 491. The van der Waals surface area contributed by atoms with Crippen LogP contribution in [0.3, 0.4) is 0 Å². The number of amides is 1. The topological polar surface area (TPSA) is 64.9 Å². The molecule has 96 valence electrons. The molecule has 1 rings (SSSR count). The number of nitrogens with zero attached hydrogens (tertiary/aromatic N) is 1. The Balaban J connectivity index is 2.81. The van der Waals surface area contributed by atoms with Crippen LogP contribution in [0.5, 0.6) is 0 Å². The van der Waals surface area contributed by atoms with Crippen LogP contribution in [0.4, 0.5) is 5.69 Å². The Morgan fingerprint density at radius 3 is 2.72 bits per heavy atom. The molecule has 0 radical (unpaired) electrons. The van der Waals surface area contributed by atoms with E-state index in [1.165, 1.54) is 0 Å². The van der Waals surface area contributed by atoms with Crippen LogP contribution in [-0.4, -0.2) is 19.5 Å². The number of hydrogen-bond donors (Lipinski definition) is 2. The smallest absolute Gasteiger partial charge is 0.227 e. The number of nitriles is 1. The van der Waals surface area contributed by atoms with Crippen molar-refractivity contribution >= 4 is 23.2 Å². The first-order valence-corrected chi connectivity index (χ1v) is 5.94. The summed E-state index contributed by atoms with van der Waals surface area (Å²) in [4.78, 5) is 11.6. The summed E-state index contributed by atoms with van der Waals surface area (Å²) >= 11 is 5.82. The van der Waals surface area contributed by atoms with Gasteiger partial charge in [-0.25, -0.2) is 0 Å². The number of benzene rings is 1. The second-order valence-electron chi connectivity index (χ2n) is 4.62. The van der Waals surface area contributed by atoms with Gasteiger partial charge >= 0.3 is 0 Å². The number of nitrogens with one attached hydrogen (secondary N) is 2. The highest BCUT2D eigenvalue weighted by Crippen LogP contribution is 2.22. The summed E-state index contributed by atoms with van der Waals surface area (Å²) in [6.07, 6.45) is 0. The quantitative estimate of drug-likeness (QED) is 0.879. The maximum atomic E-state index is 11.6. The van der Waals surface area contributed by atoms with Crippen molar-refractivity contribution in [1.29, 1.82) is 5.26 Å². The zero-order valence-electron chi connectivity index (χ0n) is 10.7. The van der Waals surface area contributed by atoms with Crippen molar-refractivity contribution in [2.24, 2.45) is 5.41 Å². The second kappa shape index (κ2) is 5.74. The summed E-state index contributed by atoms with van der Waals surface area (Å²) < 4.78 is 0. The molecule has 4 nitrogen and oxygen atoms in total. The highest BCUT2D eigenvalue weighted by atomic mass is 35.5. The number of carbonyl (C=O) groups is 1. The lowest BCUT2D eigenvalue weighted by atomic mass is 9.92. The number of hydrogen-bond acceptors (Lipinski definition) is 3. The third-order valence-electron chi connectivity index (χ3n) is 2.66. The van der Waals surface area contributed by atoms with E-state index >= 15 is 0 Å². The Labute approximate surface area is 112 Å². The van der Waals surface area contributed by atoms with Crippen LogP contribution < -0.4 is 10.6 Å². The normalized spacial score (nSPS) is 10.6. The van der Waals surface area contributed by atoms with Crippen LogP contribution in [0, 0.1) is 16.7 Å². The molecule has 1 aromatic carbocycles. The molecule has 2 N–H and O–H groups in total. The van der Waals surface area contributed by atoms with E-state index in [1.807, 2.05) is 13.8 Å². The molecule has 0 aliphatic heterocycles. The number of anilines is 1. The molecule has 0 spiro atoms. The number of rotatable bonds is 4. The fraction of sp³-hybridized carbons (Fsp3) is 0.385. The van der Waals surface area contributed by atoms with E-state index in [0.717, 1.165) is 0 Å². The maximum absolute atomic E-state index is 11.6. The van der Waals surface area contributed by atoms with Gasteiger partial charge in [0, 0.05) is 18.6 Å². The third kappa shape index (κ3) is 3.38. The molecule has 0 aromatic heterocycles. The average molecular weight is 266 g/mol. The van der Waals surface area contributed by atoms with Crippen molar-refractivity contribution in [3.63, 3.8) is 0 Å². The van der Waals surface area contributed by atoms with Crippen molar-refractivity contribution in [3.8, 4) is 6.07 Å². The molecule has 0 fully saturated rings. The third-order valence-corrected chi connectivity index (χ3v) is 2.90. The van der Waals surface area contributed by atoms with E-state index < -0.39 is 5.41 Å². The van der Waals surface area contributed by atoms with Crippen molar-refractivity contribution in [2.75, 3.05) is 18.9 Å². The summed E-state index contributed by atoms with van der Waals surface area (Å²) in [5.74, 6) is -0.0533. The van der Waals surface area contributed by atoms with Crippen molar-refractivity contribution < 1.29 is 4.79 Å². The first-order valence-electron chi connectivity index (χ1n) is 5.56. The fourth-order valence-electron chi connectivity index (χ4n) is 1.50. The number of carbonyl (C=O) groups excluding carboxylic acids is 1. The molecule has 0 bridgehead atoms. The van der Waals surface area contributed by atoms with Crippen molar-refractivity contribution in [1.82, 2.24) is 5.32 Å². The largest absolute Gasteiger partial charge is 0.383 e. The molecule has 0 unspecified atom stereocenters. The zero-order valence-corrected chi connectivity index (χ0v) is 11.4. The SMILES string of the molecule is CNC(=O)C(C)(C)CNc1ccc(Cl)cc1C#N. The molecular formula is C13H16ClN3O. The molecule has 0 atom stereocenters. The average Bonchev–Trinajstić information content (AvgIpc) is 2.36. The molecule has 0 aliphatic rings. The Morgan fingerprint density at radius 2 is 2.17 bits per heavy atom. The molecule has 0 aliphatic carbocycles. The van der Waals surface area contributed by atoms with Crippen molar-refractivity contribution in [2.45, 2.75) is 13.8 Å². The molecular weight excluding hydrogens is 250 g/mol. The van der Waals surface area contributed by atoms with Gasteiger partial charge in [0.2, 0.25) is 5.91 Å². The molecule has 1 aromatic rings. The summed E-state index contributed by atoms with van der Waals surface area (Å²) in [6.45, 7) is 4.10. The number of halogens is 1. The van der Waals surface area contributed by atoms with Crippen LogP contribution in [0.2, 0.25) is 5.02 Å². The maximum Gasteiger partial charge on any atom is 0.227 e. The highest BCUT2D eigenvalue weighted by molar-refractivity contribution is 6.30. The second-order valence-corrected chi connectivity index (χ2v) is 5.05. The Hall–Kier alpha value is -1.73. The van der Waals surface area contributed by atoms with Crippen molar-refractivity contribution in [3.05, 3.63) is 28.8 Å². The molecule has 5 heteroatoms. The van der Waals surface area contributed by atoms with Crippen LogP contribution in [0.15, 0.2) is 18.2 Å². The Kier molecular flexibility index (Phi) is 4.57. The zero-order chi connectivity index (χ0) is 13.8. The summed E-state index contributed by atoms with van der Waals surface area (Å²) in [5, 5.41) is 15.2. The van der Waals surface area contributed by atoms with Gasteiger partial charge in [-0.1, -0.05) is 11.6 Å². The van der Waals surface area contributed by atoms with Gasteiger partial charge in [0.05, 0.1) is 16.7 Å². The summed E-state index contributed by atoms with van der Waals surface area (Å²) in [6, 6.07) is 7.11. The lowest BCUT2D eigenvalue weighted by Gasteiger charge is -2.23.